The summed E-state index contributed by atoms with van der Waals surface area (Å²) >= 11 is 3.41. The number of nitrogens with zero attached hydrogens (tertiary/aromatic N) is 1. The van der Waals surface area contributed by atoms with Gasteiger partial charge in [-0.25, -0.2) is 4.98 Å². The molecule has 3 nitrogen and oxygen atoms in total. The Morgan fingerprint density at radius 1 is 1.17 bits per heavy atom. The summed E-state index contributed by atoms with van der Waals surface area (Å²) in [6.07, 6.45) is 3.37. The SMILES string of the molecule is CSCCC(=O)Nc1ccc(Cc2nc3ccccc3s2)cc1. The molecule has 0 aliphatic carbocycles. The van der Waals surface area contributed by atoms with Gasteiger partial charge < -0.3 is 5.32 Å². The Balaban J connectivity index is 1.64. The predicted molar refractivity (Wildman–Crippen MR) is 100 cm³/mol. The molecule has 0 radical (unpaired) electrons. The highest BCUT2D eigenvalue weighted by molar-refractivity contribution is 7.98. The number of carbonyl (C=O) groups excluding carboxylic acids is 1. The van der Waals surface area contributed by atoms with Gasteiger partial charge in [0, 0.05) is 24.3 Å². The van der Waals surface area contributed by atoms with Crippen LogP contribution in [0.1, 0.15) is 17.0 Å². The Bertz CT molecular complexity index is 763. The number of thioether (sulfide) groups is 1. The van der Waals surface area contributed by atoms with Crippen LogP contribution in [0.25, 0.3) is 10.2 Å². The molecule has 5 heteroatoms. The van der Waals surface area contributed by atoms with Gasteiger partial charge in [-0.05, 0) is 36.1 Å². The van der Waals surface area contributed by atoms with Crippen LogP contribution in [0, 0.1) is 0 Å². The lowest BCUT2D eigenvalue weighted by Gasteiger charge is -2.05. The molecule has 1 heterocycles. The first-order chi connectivity index (χ1) is 11.2. The van der Waals surface area contributed by atoms with E-state index in [9.17, 15) is 4.79 Å². The Hall–Kier alpha value is -1.85. The van der Waals surface area contributed by atoms with Crippen molar-refractivity contribution in [2.45, 2.75) is 12.8 Å². The molecular weight excluding hydrogens is 324 g/mol. The van der Waals surface area contributed by atoms with Gasteiger partial charge in [-0.1, -0.05) is 24.3 Å². The summed E-state index contributed by atoms with van der Waals surface area (Å²) in [5.41, 5.74) is 3.11. The highest BCUT2D eigenvalue weighted by Gasteiger charge is 2.05. The summed E-state index contributed by atoms with van der Waals surface area (Å²) in [5, 5.41) is 4.04. The van der Waals surface area contributed by atoms with Gasteiger partial charge in [0.05, 0.1) is 15.2 Å². The van der Waals surface area contributed by atoms with E-state index in [1.807, 2.05) is 36.6 Å². The van der Waals surface area contributed by atoms with E-state index >= 15 is 0 Å². The van der Waals surface area contributed by atoms with Gasteiger partial charge in [0.15, 0.2) is 0 Å². The Morgan fingerprint density at radius 2 is 1.96 bits per heavy atom. The molecule has 0 atom stereocenters. The number of hydrogen-bond donors (Lipinski definition) is 1. The van der Waals surface area contributed by atoms with Crippen molar-refractivity contribution in [2.24, 2.45) is 0 Å². The monoisotopic (exact) mass is 342 g/mol. The molecule has 2 aromatic carbocycles. The van der Waals surface area contributed by atoms with E-state index in [0.717, 1.165) is 28.4 Å². The third-order valence-electron chi connectivity index (χ3n) is 3.46. The molecule has 1 amide bonds. The van der Waals surface area contributed by atoms with Crippen molar-refractivity contribution in [3.8, 4) is 0 Å². The average molecular weight is 342 g/mol. The molecule has 0 saturated carbocycles. The molecule has 0 unspecified atom stereocenters. The first-order valence-electron chi connectivity index (χ1n) is 7.47. The van der Waals surface area contributed by atoms with Gasteiger partial charge in [0.25, 0.3) is 0 Å². The average Bonchev–Trinajstić information content (AvgIpc) is 2.97. The molecule has 0 saturated heterocycles. The van der Waals surface area contributed by atoms with Crippen LogP contribution in [-0.4, -0.2) is 22.9 Å². The van der Waals surface area contributed by atoms with E-state index in [-0.39, 0.29) is 5.91 Å². The fourth-order valence-corrected chi connectivity index (χ4v) is 3.69. The predicted octanol–water partition coefficient (Wildman–Crippen LogP) is 4.58. The van der Waals surface area contributed by atoms with E-state index in [1.165, 1.54) is 10.3 Å². The van der Waals surface area contributed by atoms with Crippen LogP contribution in [0.2, 0.25) is 0 Å². The number of nitrogens with one attached hydrogen (secondary N) is 1. The highest BCUT2D eigenvalue weighted by Crippen LogP contribution is 2.24. The van der Waals surface area contributed by atoms with Crippen molar-refractivity contribution in [1.29, 1.82) is 0 Å². The number of benzene rings is 2. The number of thiazole rings is 1. The second kappa shape index (κ2) is 7.62. The minimum Gasteiger partial charge on any atom is -0.326 e. The quantitative estimate of drug-likeness (QED) is 0.713. The van der Waals surface area contributed by atoms with Crippen molar-refractivity contribution < 1.29 is 4.79 Å². The van der Waals surface area contributed by atoms with Gasteiger partial charge in [0.1, 0.15) is 0 Å². The highest BCUT2D eigenvalue weighted by atomic mass is 32.2. The third-order valence-corrected chi connectivity index (χ3v) is 5.11. The molecule has 0 bridgehead atoms. The van der Waals surface area contributed by atoms with Crippen LogP contribution in [0.3, 0.4) is 0 Å². The fourth-order valence-electron chi connectivity index (χ4n) is 2.29. The first kappa shape index (κ1) is 16.0. The van der Waals surface area contributed by atoms with Crippen molar-refractivity contribution in [3.63, 3.8) is 0 Å². The topological polar surface area (TPSA) is 42.0 Å². The zero-order chi connectivity index (χ0) is 16.1. The lowest BCUT2D eigenvalue weighted by molar-refractivity contribution is -0.115. The third kappa shape index (κ3) is 4.33. The molecule has 0 fully saturated rings. The second-order valence-corrected chi connectivity index (χ2v) is 7.34. The summed E-state index contributed by atoms with van der Waals surface area (Å²) in [6.45, 7) is 0. The number of amides is 1. The molecule has 3 rings (SSSR count). The minimum absolute atomic E-state index is 0.0678. The van der Waals surface area contributed by atoms with Crippen molar-refractivity contribution in [1.82, 2.24) is 4.98 Å². The lowest BCUT2D eigenvalue weighted by Crippen LogP contribution is -2.11. The molecule has 0 aliphatic heterocycles. The van der Waals surface area contributed by atoms with Crippen LogP contribution >= 0.6 is 23.1 Å². The van der Waals surface area contributed by atoms with Crippen LogP contribution in [0.5, 0.6) is 0 Å². The number of para-hydroxylation sites is 1. The summed E-state index contributed by atoms with van der Waals surface area (Å²) in [5.74, 6) is 0.917. The largest absolute Gasteiger partial charge is 0.326 e. The Kier molecular flexibility index (Phi) is 5.31. The van der Waals surface area contributed by atoms with Crippen LogP contribution in [0.15, 0.2) is 48.5 Å². The summed E-state index contributed by atoms with van der Waals surface area (Å²) in [7, 11) is 0. The van der Waals surface area contributed by atoms with Crippen LogP contribution in [0.4, 0.5) is 5.69 Å². The maximum Gasteiger partial charge on any atom is 0.225 e. The Morgan fingerprint density at radius 3 is 2.70 bits per heavy atom. The van der Waals surface area contributed by atoms with Crippen molar-refractivity contribution in [3.05, 3.63) is 59.1 Å². The van der Waals surface area contributed by atoms with E-state index in [4.69, 9.17) is 0 Å². The molecule has 0 spiro atoms. The number of rotatable bonds is 6. The van der Waals surface area contributed by atoms with Crippen molar-refractivity contribution >= 4 is 44.9 Å². The molecule has 1 N–H and O–H groups in total. The molecule has 1 aromatic heterocycles. The maximum absolute atomic E-state index is 11.7. The van der Waals surface area contributed by atoms with Gasteiger partial charge in [0.2, 0.25) is 5.91 Å². The van der Waals surface area contributed by atoms with Crippen LogP contribution < -0.4 is 5.32 Å². The normalized spacial score (nSPS) is 10.8. The van der Waals surface area contributed by atoms with E-state index in [0.29, 0.717) is 6.42 Å². The number of carbonyl (C=O) groups is 1. The zero-order valence-corrected chi connectivity index (χ0v) is 14.5. The summed E-state index contributed by atoms with van der Waals surface area (Å²) in [6, 6.07) is 16.2. The molecule has 3 aromatic rings. The second-order valence-electron chi connectivity index (χ2n) is 5.24. The minimum atomic E-state index is 0.0678. The smallest absolute Gasteiger partial charge is 0.225 e. The summed E-state index contributed by atoms with van der Waals surface area (Å²) in [4.78, 5) is 16.4. The van der Waals surface area contributed by atoms with Crippen LogP contribution in [-0.2, 0) is 11.2 Å². The number of fused-ring (bicyclic) bond motifs is 1. The van der Waals surface area contributed by atoms with E-state index in [1.54, 1.807) is 23.1 Å². The zero-order valence-electron chi connectivity index (χ0n) is 12.9. The fraction of sp³-hybridized carbons (Fsp3) is 0.222. The number of aromatic nitrogens is 1. The first-order valence-corrected chi connectivity index (χ1v) is 9.68. The maximum atomic E-state index is 11.7. The molecule has 0 aliphatic rings. The number of hydrogen-bond acceptors (Lipinski definition) is 4. The standard InChI is InChI=1S/C18H18N2OS2/c1-22-11-10-17(21)19-14-8-6-13(7-9-14)12-18-20-15-4-2-3-5-16(15)23-18/h2-9H,10-12H2,1H3,(H,19,21). The lowest BCUT2D eigenvalue weighted by atomic mass is 10.1. The molecular formula is C18H18N2OS2. The van der Waals surface area contributed by atoms with E-state index < -0.39 is 0 Å². The van der Waals surface area contributed by atoms with Gasteiger partial charge >= 0.3 is 0 Å². The molecule has 23 heavy (non-hydrogen) atoms. The van der Waals surface area contributed by atoms with Gasteiger partial charge in [-0.3, -0.25) is 4.79 Å². The Labute approximate surface area is 144 Å². The van der Waals surface area contributed by atoms with E-state index in [2.05, 4.69) is 28.5 Å². The number of anilines is 1. The van der Waals surface area contributed by atoms with Gasteiger partial charge in [-0.15, -0.1) is 11.3 Å². The molecule has 118 valence electrons. The van der Waals surface area contributed by atoms with Crippen molar-refractivity contribution in [2.75, 3.05) is 17.3 Å². The van der Waals surface area contributed by atoms with Gasteiger partial charge in [-0.2, -0.15) is 11.8 Å². The summed E-state index contributed by atoms with van der Waals surface area (Å²) < 4.78 is 1.22.